The first-order chi connectivity index (χ1) is 12.2. The fourth-order valence-corrected chi connectivity index (χ4v) is 2.67. The van der Waals surface area contributed by atoms with Crippen LogP contribution in [-0.4, -0.2) is 30.4 Å². The second-order valence-electron chi connectivity index (χ2n) is 5.09. The lowest BCUT2D eigenvalue weighted by molar-refractivity contribution is 0.103. The summed E-state index contributed by atoms with van der Waals surface area (Å²) in [5.41, 5.74) is 1.75. The first-order valence-electron chi connectivity index (χ1n) is 7.53. The molecule has 0 spiro atoms. The minimum atomic E-state index is -0.104. The van der Waals surface area contributed by atoms with Gasteiger partial charge in [0.05, 0.1) is 5.69 Å². The average Bonchev–Trinajstić information content (AvgIpc) is 2.67. The SMILES string of the molecule is CSC(=Nc1ccc(C(=O)c2ccc3c(c2)OCCO3)cc1)NC#N. The normalized spacial score (nSPS) is 13.0. The van der Waals surface area contributed by atoms with Gasteiger partial charge >= 0.3 is 0 Å². The van der Waals surface area contributed by atoms with Crippen LogP contribution in [0.5, 0.6) is 11.5 Å². The minimum absolute atomic E-state index is 0.104. The van der Waals surface area contributed by atoms with E-state index in [2.05, 4.69) is 10.3 Å². The summed E-state index contributed by atoms with van der Waals surface area (Å²) in [4.78, 5) is 16.9. The third-order valence-electron chi connectivity index (χ3n) is 3.52. The Hall–Kier alpha value is -2.98. The summed E-state index contributed by atoms with van der Waals surface area (Å²) < 4.78 is 11.0. The Kier molecular flexibility index (Phi) is 5.21. The maximum absolute atomic E-state index is 12.6. The van der Waals surface area contributed by atoms with E-state index in [0.717, 1.165) is 0 Å². The van der Waals surface area contributed by atoms with Gasteiger partial charge < -0.3 is 9.47 Å². The van der Waals surface area contributed by atoms with E-state index in [0.29, 0.717) is 46.7 Å². The molecule has 1 N–H and O–H groups in total. The zero-order valence-corrected chi connectivity index (χ0v) is 14.3. The number of hydrogen-bond acceptors (Lipinski definition) is 6. The summed E-state index contributed by atoms with van der Waals surface area (Å²) in [5.74, 6) is 1.14. The number of ether oxygens (including phenoxy) is 2. The smallest absolute Gasteiger partial charge is 0.193 e. The van der Waals surface area contributed by atoms with E-state index in [1.165, 1.54) is 11.8 Å². The molecule has 6 nitrogen and oxygen atoms in total. The largest absolute Gasteiger partial charge is 0.486 e. The van der Waals surface area contributed by atoms with Crippen molar-refractivity contribution in [3.8, 4) is 17.7 Å². The lowest BCUT2D eigenvalue weighted by Gasteiger charge is -2.18. The zero-order valence-electron chi connectivity index (χ0n) is 13.5. The van der Waals surface area contributed by atoms with Gasteiger partial charge in [-0.1, -0.05) is 11.8 Å². The molecule has 25 heavy (non-hydrogen) atoms. The van der Waals surface area contributed by atoms with E-state index in [4.69, 9.17) is 14.7 Å². The van der Waals surface area contributed by atoms with Gasteiger partial charge in [-0.3, -0.25) is 10.1 Å². The molecule has 0 fully saturated rings. The van der Waals surface area contributed by atoms with Crippen molar-refractivity contribution in [1.82, 2.24) is 5.32 Å². The molecule has 0 aliphatic carbocycles. The molecule has 0 saturated carbocycles. The van der Waals surface area contributed by atoms with Gasteiger partial charge in [0.15, 0.2) is 28.6 Å². The van der Waals surface area contributed by atoms with Crippen LogP contribution in [0.2, 0.25) is 0 Å². The molecule has 7 heteroatoms. The number of ketones is 1. The summed E-state index contributed by atoms with van der Waals surface area (Å²) >= 11 is 1.33. The van der Waals surface area contributed by atoms with Crippen molar-refractivity contribution in [3.05, 3.63) is 53.6 Å². The van der Waals surface area contributed by atoms with Gasteiger partial charge in [0.25, 0.3) is 0 Å². The van der Waals surface area contributed by atoms with Crippen LogP contribution in [0.4, 0.5) is 5.69 Å². The van der Waals surface area contributed by atoms with Crippen LogP contribution in [0.25, 0.3) is 0 Å². The molecule has 0 bridgehead atoms. The third-order valence-corrected chi connectivity index (χ3v) is 4.10. The molecule has 0 saturated heterocycles. The Bertz CT molecular complexity index is 857. The van der Waals surface area contributed by atoms with Crippen molar-refractivity contribution < 1.29 is 14.3 Å². The number of nitrogens with one attached hydrogen (secondary N) is 1. The number of nitrogens with zero attached hydrogens (tertiary/aromatic N) is 2. The van der Waals surface area contributed by atoms with Crippen molar-refractivity contribution >= 4 is 28.4 Å². The fraction of sp³-hybridized carbons (Fsp3) is 0.167. The van der Waals surface area contributed by atoms with Gasteiger partial charge in [-0.15, -0.1) is 0 Å². The lowest BCUT2D eigenvalue weighted by Crippen LogP contribution is -2.15. The Morgan fingerprint density at radius 1 is 1.12 bits per heavy atom. The number of fused-ring (bicyclic) bond motifs is 1. The molecule has 1 aliphatic rings. The summed E-state index contributed by atoms with van der Waals surface area (Å²) in [6.07, 6.45) is 3.66. The average molecular weight is 353 g/mol. The first kappa shape index (κ1) is 16.9. The number of nitriles is 1. The van der Waals surface area contributed by atoms with E-state index < -0.39 is 0 Å². The van der Waals surface area contributed by atoms with Gasteiger partial charge in [-0.05, 0) is 48.7 Å². The van der Waals surface area contributed by atoms with E-state index in [9.17, 15) is 4.79 Å². The monoisotopic (exact) mass is 353 g/mol. The Morgan fingerprint density at radius 3 is 2.48 bits per heavy atom. The van der Waals surface area contributed by atoms with Crippen molar-refractivity contribution in [2.75, 3.05) is 19.5 Å². The summed E-state index contributed by atoms with van der Waals surface area (Å²) in [7, 11) is 0. The quantitative estimate of drug-likeness (QED) is 0.300. The summed E-state index contributed by atoms with van der Waals surface area (Å²) in [5, 5.41) is 11.6. The second-order valence-corrected chi connectivity index (χ2v) is 5.89. The lowest BCUT2D eigenvalue weighted by atomic mass is 10.0. The molecule has 2 aromatic rings. The molecule has 0 amide bonds. The van der Waals surface area contributed by atoms with Crippen LogP contribution in [0.1, 0.15) is 15.9 Å². The van der Waals surface area contributed by atoms with Crippen LogP contribution in [0.15, 0.2) is 47.5 Å². The Morgan fingerprint density at radius 2 is 1.80 bits per heavy atom. The van der Waals surface area contributed by atoms with Crippen LogP contribution >= 0.6 is 11.8 Å². The topological polar surface area (TPSA) is 83.7 Å². The number of carbonyl (C=O) groups excluding carboxylic acids is 1. The van der Waals surface area contributed by atoms with Gasteiger partial charge in [0.2, 0.25) is 0 Å². The van der Waals surface area contributed by atoms with Gasteiger partial charge in [-0.25, -0.2) is 4.99 Å². The van der Waals surface area contributed by atoms with Crippen LogP contribution < -0.4 is 14.8 Å². The summed E-state index contributed by atoms with van der Waals surface area (Å²) in [6.45, 7) is 0.993. The van der Waals surface area contributed by atoms with E-state index in [-0.39, 0.29) is 5.78 Å². The van der Waals surface area contributed by atoms with Crippen LogP contribution in [-0.2, 0) is 0 Å². The molecule has 0 aromatic heterocycles. The maximum atomic E-state index is 12.6. The molecule has 126 valence electrons. The predicted molar refractivity (Wildman–Crippen MR) is 96.7 cm³/mol. The van der Waals surface area contributed by atoms with Crippen molar-refractivity contribution in [3.63, 3.8) is 0 Å². The van der Waals surface area contributed by atoms with E-state index >= 15 is 0 Å². The molecule has 3 rings (SSSR count). The third kappa shape index (κ3) is 3.92. The molecular formula is C18H15N3O3S. The highest BCUT2D eigenvalue weighted by Gasteiger charge is 2.16. The number of carbonyl (C=O) groups is 1. The highest BCUT2D eigenvalue weighted by Crippen LogP contribution is 2.31. The molecule has 0 atom stereocenters. The fourth-order valence-electron chi connectivity index (χ4n) is 2.33. The van der Waals surface area contributed by atoms with E-state index in [1.807, 2.05) is 12.4 Å². The Balaban J connectivity index is 1.80. The Labute approximate surface area is 149 Å². The number of benzene rings is 2. The van der Waals surface area contributed by atoms with Crippen molar-refractivity contribution in [2.24, 2.45) is 4.99 Å². The highest BCUT2D eigenvalue weighted by molar-refractivity contribution is 8.13. The zero-order chi connectivity index (χ0) is 17.6. The number of amidine groups is 1. The number of thioether (sulfide) groups is 1. The van der Waals surface area contributed by atoms with Gasteiger partial charge in [0.1, 0.15) is 13.2 Å². The maximum Gasteiger partial charge on any atom is 0.193 e. The number of rotatable bonds is 3. The minimum Gasteiger partial charge on any atom is -0.486 e. The van der Waals surface area contributed by atoms with E-state index in [1.54, 1.807) is 42.5 Å². The van der Waals surface area contributed by atoms with Crippen molar-refractivity contribution in [1.29, 1.82) is 5.26 Å². The molecule has 0 unspecified atom stereocenters. The van der Waals surface area contributed by atoms with Crippen molar-refractivity contribution in [2.45, 2.75) is 0 Å². The molecule has 0 radical (unpaired) electrons. The first-order valence-corrected chi connectivity index (χ1v) is 8.76. The molecule has 1 aliphatic heterocycles. The number of hydrogen-bond donors (Lipinski definition) is 1. The predicted octanol–water partition coefficient (Wildman–Crippen LogP) is 3.11. The van der Waals surface area contributed by atoms with Crippen LogP contribution in [0, 0.1) is 11.5 Å². The second kappa shape index (κ2) is 7.73. The molecule has 1 heterocycles. The van der Waals surface area contributed by atoms with Crippen LogP contribution in [0.3, 0.4) is 0 Å². The van der Waals surface area contributed by atoms with Gasteiger partial charge in [0, 0.05) is 11.1 Å². The summed E-state index contributed by atoms with van der Waals surface area (Å²) in [6, 6.07) is 12.1. The molecule has 2 aromatic carbocycles. The standard InChI is InChI=1S/C18H15N3O3S/c1-25-18(20-11-19)21-14-5-2-12(3-6-14)17(22)13-4-7-15-16(10-13)24-9-8-23-15/h2-7,10H,8-9H2,1H3,(H,20,21). The number of aliphatic imine (C=N–C) groups is 1. The molecular weight excluding hydrogens is 338 g/mol. The van der Waals surface area contributed by atoms with Gasteiger partial charge in [-0.2, -0.15) is 5.26 Å². The highest BCUT2D eigenvalue weighted by atomic mass is 32.2.